The quantitative estimate of drug-likeness (QED) is 0.442. The third kappa shape index (κ3) is 4.18. The lowest BCUT2D eigenvalue weighted by Gasteiger charge is -2.01. The van der Waals surface area contributed by atoms with Gasteiger partial charge in [-0.1, -0.05) is 35.1 Å². The van der Waals surface area contributed by atoms with Crippen molar-refractivity contribution in [3.05, 3.63) is 52.1 Å². The number of rotatable bonds is 5. The topological polar surface area (TPSA) is 75.6 Å². The van der Waals surface area contributed by atoms with Crippen molar-refractivity contribution in [3.63, 3.8) is 0 Å². The molecule has 2 aromatic heterocycles. The summed E-state index contributed by atoms with van der Waals surface area (Å²) in [5.41, 5.74) is 3.49. The summed E-state index contributed by atoms with van der Waals surface area (Å²) in [6.07, 6.45) is 0.678. The molecule has 26 heavy (non-hydrogen) atoms. The average molecular weight is 411 g/mol. The maximum Gasteiger partial charge on any atom is 0.412 e. The van der Waals surface area contributed by atoms with Gasteiger partial charge in [-0.2, -0.15) is 5.10 Å². The van der Waals surface area contributed by atoms with Crippen LogP contribution in [0.3, 0.4) is 0 Å². The summed E-state index contributed by atoms with van der Waals surface area (Å²) in [5.74, 6) is -0.477. The molecule has 0 fully saturated rings. The first-order valence-electron chi connectivity index (χ1n) is 7.21. The molecule has 0 atom stereocenters. The lowest BCUT2D eigenvalue weighted by molar-refractivity contribution is 0.187. The predicted molar refractivity (Wildman–Crippen MR) is 104 cm³/mol. The van der Waals surface area contributed by atoms with Crippen LogP contribution < -0.4 is 10.7 Å². The van der Waals surface area contributed by atoms with Crippen molar-refractivity contribution in [1.82, 2.24) is 4.98 Å². The van der Waals surface area contributed by atoms with E-state index in [1.807, 2.05) is 17.5 Å². The molecule has 2 N–H and O–H groups in total. The Morgan fingerprint density at radius 1 is 1.38 bits per heavy atom. The van der Waals surface area contributed by atoms with E-state index in [1.165, 1.54) is 48.1 Å². The van der Waals surface area contributed by atoms with Crippen molar-refractivity contribution in [2.75, 3.05) is 17.9 Å². The molecule has 0 spiro atoms. The van der Waals surface area contributed by atoms with Gasteiger partial charge in [-0.05, 0) is 23.6 Å². The van der Waals surface area contributed by atoms with E-state index in [-0.39, 0.29) is 10.6 Å². The fourth-order valence-corrected chi connectivity index (χ4v) is 3.77. The third-order valence-electron chi connectivity index (χ3n) is 3.14. The Bertz CT molecular complexity index is 924. The molecule has 0 aliphatic carbocycles. The summed E-state index contributed by atoms with van der Waals surface area (Å²) in [4.78, 5) is 16.8. The van der Waals surface area contributed by atoms with Crippen molar-refractivity contribution < 1.29 is 13.9 Å². The number of aromatic nitrogens is 1. The first-order valence-corrected chi connectivity index (χ1v) is 9.28. The number of amides is 1. The number of hydrazone groups is 1. The van der Waals surface area contributed by atoms with Crippen molar-refractivity contribution >= 4 is 56.7 Å². The lowest BCUT2D eigenvalue weighted by Crippen LogP contribution is -2.10. The number of benzene rings is 1. The van der Waals surface area contributed by atoms with E-state index in [0.29, 0.717) is 15.8 Å². The van der Waals surface area contributed by atoms with Crippen LogP contribution in [0.4, 0.5) is 19.3 Å². The van der Waals surface area contributed by atoms with E-state index in [1.54, 1.807) is 6.07 Å². The highest BCUT2D eigenvalue weighted by molar-refractivity contribution is 7.21. The molecular weight excluding hydrogens is 399 g/mol. The fraction of sp³-hybridized carbons (Fsp3) is 0.0625. The normalized spacial score (nSPS) is 10.9. The van der Waals surface area contributed by atoms with Crippen LogP contribution in [-0.4, -0.2) is 24.4 Å². The summed E-state index contributed by atoms with van der Waals surface area (Å²) in [5, 5.41) is 9.69. The lowest BCUT2D eigenvalue weighted by atomic mass is 10.2. The Hall–Kier alpha value is -2.49. The molecule has 1 amide bonds. The van der Waals surface area contributed by atoms with Gasteiger partial charge in [-0.15, -0.1) is 11.3 Å². The predicted octanol–water partition coefficient (Wildman–Crippen LogP) is 5.29. The molecule has 0 aliphatic rings. The zero-order valence-electron chi connectivity index (χ0n) is 13.3. The van der Waals surface area contributed by atoms with Gasteiger partial charge < -0.3 is 4.74 Å². The van der Waals surface area contributed by atoms with E-state index in [2.05, 4.69) is 25.6 Å². The maximum absolute atomic E-state index is 13.7. The number of hydrogen-bond donors (Lipinski definition) is 2. The first-order chi connectivity index (χ1) is 12.6. The van der Waals surface area contributed by atoms with E-state index in [0.717, 1.165) is 4.88 Å². The Balaban J connectivity index is 1.83. The summed E-state index contributed by atoms with van der Waals surface area (Å²) >= 11 is 8.61. The fourth-order valence-electron chi connectivity index (χ4n) is 1.96. The second-order valence-electron chi connectivity index (χ2n) is 4.80. The van der Waals surface area contributed by atoms with E-state index < -0.39 is 11.9 Å². The number of thiophene rings is 1. The average Bonchev–Trinajstić information content (AvgIpc) is 3.27. The second-order valence-corrected chi connectivity index (χ2v) is 7.15. The number of methoxy groups -OCH3 is 1. The van der Waals surface area contributed by atoms with Gasteiger partial charge in [-0.25, -0.2) is 14.2 Å². The molecule has 0 aliphatic heterocycles. The minimum atomic E-state index is -0.598. The highest BCUT2D eigenvalue weighted by atomic mass is 35.5. The van der Waals surface area contributed by atoms with Crippen molar-refractivity contribution in [2.45, 2.75) is 0 Å². The van der Waals surface area contributed by atoms with Crippen LogP contribution in [0.25, 0.3) is 10.6 Å². The number of halogens is 2. The summed E-state index contributed by atoms with van der Waals surface area (Å²) in [7, 11) is 1.28. The highest BCUT2D eigenvalue weighted by Gasteiger charge is 2.16. The molecular formula is C16H12ClFN4O2S2. The standard InChI is InChI=1S/C16H12ClFN4O2S2/c1-24-16(23)21-14-13(12-6-3-7-25-12)20-15(26-14)22-19-8-9-10(17)4-2-5-11(9)18/h2-8H,1H3,(H,20,22)(H,21,23). The molecule has 0 radical (unpaired) electrons. The Morgan fingerprint density at radius 3 is 2.92 bits per heavy atom. The van der Waals surface area contributed by atoms with Crippen LogP contribution in [0.1, 0.15) is 5.56 Å². The van der Waals surface area contributed by atoms with E-state index >= 15 is 0 Å². The SMILES string of the molecule is COC(=O)Nc1sc(NN=Cc2c(F)cccc2Cl)nc1-c1cccs1. The molecule has 3 aromatic rings. The molecule has 10 heteroatoms. The van der Waals surface area contributed by atoms with Gasteiger partial charge in [0.05, 0.1) is 23.2 Å². The van der Waals surface area contributed by atoms with Crippen molar-refractivity contribution in [3.8, 4) is 10.6 Å². The van der Waals surface area contributed by atoms with E-state index in [4.69, 9.17) is 11.6 Å². The van der Waals surface area contributed by atoms with Gasteiger partial charge in [0, 0.05) is 5.56 Å². The number of carbonyl (C=O) groups is 1. The van der Waals surface area contributed by atoms with Crippen LogP contribution in [0.15, 0.2) is 40.8 Å². The number of ether oxygens (including phenoxy) is 1. The first kappa shape index (κ1) is 18.3. The van der Waals surface area contributed by atoms with Gasteiger partial charge in [0.1, 0.15) is 16.5 Å². The number of nitrogens with zero attached hydrogens (tertiary/aromatic N) is 2. The van der Waals surface area contributed by atoms with Crippen LogP contribution in [0.2, 0.25) is 5.02 Å². The number of nitrogens with one attached hydrogen (secondary N) is 2. The summed E-state index contributed by atoms with van der Waals surface area (Å²) < 4.78 is 18.4. The number of thiazole rings is 1. The van der Waals surface area contributed by atoms with Crippen LogP contribution >= 0.6 is 34.3 Å². The zero-order chi connectivity index (χ0) is 18.5. The van der Waals surface area contributed by atoms with Gasteiger partial charge in [-0.3, -0.25) is 10.7 Å². The smallest absolute Gasteiger partial charge is 0.412 e. The second kappa shape index (κ2) is 8.26. The molecule has 0 saturated carbocycles. The highest BCUT2D eigenvalue weighted by Crippen LogP contribution is 2.38. The number of anilines is 2. The molecule has 6 nitrogen and oxygen atoms in total. The number of hydrogen-bond acceptors (Lipinski definition) is 7. The summed E-state index contributed by atoms with van der Waals surface area (Å²) in [6.45, 7) is 0. The minimum absolute atomic E-state index is 0.171. The van der Waals surface area contributed by atoms with Crippen LogP contribution in [0.5, 0.6) is 0 Å². The van der Waals surface area contributed by atoms with Gasteiger partial charge in [0.25, 0.3) is 0 Å². The number of carbonyl (C=O) groups excluding carboxylic acids is 1. The van der Waals surface area contributed by atoms with Gasteiger partial charge in [0.2, 0.25) is 5.13 Å². The Kier molecular flexibility index (Phi) is 5.82. The molecule has 0 bridgehead atoms. The van der Waals surface area contributed by atoms with Gasteiger partial charge in [0.15, 0.2) is 0 Å². The van der Waals surface area contributed by atoms with E-state index in [9.17, 15) is 9.18 Å². The molecule has 1 aromatic carbocycles. The molecule has 134 valence electrons. The van der Waals surface area contributed by atoms with Crippen LogP contribution in [-0.2, 0) is 4.74 Å². The maximum atomic E-state index is 13.7. The zero-order valence-corrected chi connectivity index (χ0v) is 15.7. The molecule has 3 rings (SSSR count). The van der Waals surface area contributed by atoms with Gasteiger partial charge >= 0.3 is 6.09 Å². The Morgan fingerprint density at radius 2 is 2.23 bits per heavy atom. The molecule has 0 saturated heterocycles. The monoisotopic (exact) mass is 410 g/mol. The minimum Gasteiger partial charge on any atom is -0.453 e. The molecule has 2 heterocycles. The van der Waals surface area contributed by atoms with Crippen LogP contribution in [0, 0.1) is 5.82 Å². The van der Waals surface area contributed by atoms with Crippen molar-refractivity contribution in [1.29, 1.82) is 0 Å². The molecule has 0 unspecified atom stereocenters. The summed E-state index contributed by atoms with van der Waals surface area (Å²) in [6, 6.07) is 8.15. The third-order valence-corrected chi connectivity index (χ3v) is 5.22. The largest absolute Gasteiger partial charge is 0.453 e. The Labute approximate surface area is 161 Å². The van der Waals surface area contributed by atoms with Crippen molar-refractivity contribution in [2.24, 2.45) is 5.10 Å².